The summed E-state index contributed by atoms with van der Waals surface area (Å²) < 4.78 is 19.4. The van der Waals surface area contributed by atoms with Crippen LogP contribution in [0.2, 0.25) is 0 Å². The van der Waals surface area contributed by atoms with Crippen molar-refractivity contribution in [1.29, 1.82) is 0 Å². The van der Waals surface area contributed by atoms with Gasteiger partial charge >= 0.3 is 18.3 Å². The number of aromatic nitrogens is 2. The Labute approximate surface area is 333 Å². The first kappa shape index (κ1) is 43.9. The molecule has 0 aliphatic heterocycles. The van der Waals surface area contributed by atoms with Crippen molar-refractivity contribution in [3.05, 3.63) is 72.1 Å². The summed E-state index contributed by atoms with van der Waals surface area (Å²) in [6.07, 6.45) is 0.0349. The van der Waals surface area contributed by atoms with Gasteiger partial charge in [-0.25, -0.2) is 14.4 Å². The molecule has 0 bridgehead atoms. The van der Waals surface area contributed by atoms with Crippen LogP contribution in [-0.2, 0) is 41.4 Å². The lowest BCUT2D eigenvalue weighted by molar-refractivity contribution is -0.132. The van der Waals surface area contributed by atoms with E-state index in [1.165, 1.54) is 29.9 Å². The van der Waals surface area contributed by atoms with Crippen molar-refractivity contribution in [1.82, 2.24) is 30.4 Å². The van der Waals surface area contributed by atoms with Gasteiger partial charge in [0, 0.05) is 42.9 Å². The molecule has 4 N–H and O–H groups in total. The molecular formula is C42H56N6O9. The molecular weight excluding hydrogens is 732 g/mol. The molecule has 57 heavy (non-hydrogen) atoms. The standard InChI is InChI=1S/C42H56N6O9/c1-25(49)43-33(22-27-24-48(38(54)57-41(8,9)10)32-20-16-14-18-29(27)32)45-34(50)30(44-35(51)42(11,12)46-36(52)55-39(2,3)4)21-26-23-47(37(53)56-40(5,6)7)31-19-15-13-17-28(26)31/h13-20,23-24,30,33H,21-22H2,1-12H3,(H,43,49)(H,44,51)(H,45,50)(H,46,52)/t30-,33-/m1/s1. The summed E-state index contributed by atoms with van der Waals surface area (Å²) in [5.41, 5.74) is -1.68. The Kier molecular flexibility index (Phi) is 12.9. The highest BCUT2D eigenvalue weighted by Crippen LogP contribution is 2.26. The van der Waals surface area contributed by atoms with Crippen LogP contribution < -0.4 is 21.3 Å². The first-order valence-corrected chi connectivity index (χ1v) is 18.8. The number of hydrogen-bond acceptors (Lipinski definition) is 9. The summed E-state index contributed by atoms with van der Waals surface area (Å²) in [4.78, 5) is 80.1. The number of nitrogens with zero attached hydrogens (tertiary/aromatic N) is 2. The highest BCUT2D eigenvalue weighted by Gasteiger charge is 2.36. The summed E-state index contributed by atoms with van der Waals surface area (Å²) >= 11 is 0. The maximum absolute atomic E-state index is 14.4. The highest BCUT2D eigenvalue weighted by molar-refractivity contribution is 5.96. The predicted molar refractivity (Wildman–Crippen MR) is 216 cm³/mol. The number of alkyl carbamates (subject to hydrolysis) is 1. The van der Waals surface area contributed by atoms with Gasteiger partial charge < -0.3 is 35.5 Å². The number of hydrogen-bond donors (Lipinski definition) is 4. The van der Waals surface area contributed by atoms with E-state index in [9.17, 15) is 28.8 Å². The number of carbonyl (C=O) groups excluding carboxylic acids is 6. The van der Waals surface area contributed by atoms with E-state index in [0.29, 0.717) is 32.9 Å². The normalized spacial score (nSPS) is 13.3. The number of para-hydroxylation sites is 2. The van der Waals surface area contributed by atoms with Crippen molar-refractivity contribution in [2.45, 2.75) is 130 Å². The average molecular weight is 789 g/mol. The molecule has 308 valence electrons. The molecule has 4 aromatic rings. The first-order valence-electron chi connectivity index (χ1n) is 18.8. The Morgan fingerprint density at radius 1 is 0.596 bits per heavy atom. The van der Waals surface area contributed by atoms with E-state index in [4.69, 9.17) is 14.2 Å². The fourth-order valence-electron chi connectivity index (χ4n) is 6.01. The van der Waals surface area contributed by atoms with Crippen molar-refractivity contribution in [3.8, 4) is 0 Å². The van der Waals surface area contributed by atoms with Crippen molar-refractivity contribution in [3.63, 3.8) is 0 Å². The van der Waals surface area contributed by atoms with Gasteiger partial charge in [0.2, 0.25) is 17.7 Å². The van der Waals surface area contributed by atoms with E-state index in [1.54, 1.807) is 111 Å². The third-order valence-electron chi connectivity index (χ3n) is 8.31. The van der Waals surface area contributed by atoms with Crippen LogP contribution in [0.4, 0.5) is 14.4 Å². The summed E-state index contributed by atoms with van der Waals surface area (Å²) in [5, 5.41) is 12.3. The van der Waals surface area contributed by atoms with E-state index in [-0.39, 0.29) is 12.8 Å². The first-order chi connectivity index (χ1) is 26.2. The molecule has 0 spiro atoms. The van der Waals surface area contributed by atoms with Gasteiger partial charge in [0.1, 0.15) is 34.5 Å². The topological polar surface area (TPSA) is 188 Å². The number of fused-ring (bicyclic) bond motifs is 2. The Morgan fingerprint density at radius 3 is 1.47 bits per heavy atom. The zero-order valence-corrected chi connectivity index (χ0v) is 34.9. The number of nitrogens with one attached hydrogen (secondary N) is 4. The lowest BCUT2D eigenvalue weighted by Gasteiger charge is -2.30. The lowest BCUT2D eigenvalue weighted by atomic mass is 10.0. The molecule has 0 aliphatic carbocycles. The number of ether oxygens (including phenoxy) is 3. The molecule has 15 nitrogen and oxygen atoms in total. The van der Waals surface area contributed by atoms with Crippen LogP contribution in [0.5, 0.6) is 0 Å². The number of rotatable bonds is 10. The van der Waals surface area contributed by atoms with Gasteiger partial charge in [-0.15, -0.1) is 0 Å². The van der Waals surface area contributed by atoms with Gasteiger partial charge in [-0.3, -0.25) is 23.5 Å². The second kappa shape index (κ2) is 16.7. The molecule has 0 saturated heterocycles. The molecule has 15 heteroatoms. The SMILES string of the molecule is CC(=O)N[C@@H](Cc1cn(C(=O)OC(C)(C)C)c2ccccc12)NC(=O)[C@@H](Cc1cn(C(=O)OC(C)(C)C)c2ccccc12)NC(=O)C(C)(C)NC(=O)OC(C)(C)C. The summed E-state index contributed by atoms with van der Waals surface area (Å²) in [5.74, 6) is -1.83. The Balaban J connectivity index is 1.72. The molecule has 0 unspecified atom stereocenters. The maximum Gasteiger partial charge on any atom is 0.419 e. The van der Waals surface area contributed by atoms with Crippen LogP contribution in [0.15, 0.2) is 60.9 Å². The van der Waals surface area contributed by atoms with E-state index in [2.05, 4.69) is 21.3 Å². The smallest absolute Gasteiger partial charge is 0.419 e. The van der Waals surface area contributed by atoms with E-state index < -0.39 is 70.6 Å². The Bertz CT molecular complexity index is 2160. The molecule has 2 aromatic carbocycles. The molecule has 2 heterocycles. The third kappa shape index (κ3) is 12.1. The zero-order valence-electron chi connectivity index (χ0n) is 34.9. The van der Waals surface area contributed by atoms with Gasteiger partial charge in [-0.05, 0) is 99.4 Å². The molecule has 2 aromatic heterocycles. The maximum atomic E-state index is 14.4. The Morgan fingerprint density at radius 2 is 1.04 bits per heavy atom. The van der Waals surface area contributed by atoms with Crippen LogP contribution >= 0.6 is 0 Å². The largest absolute Gasteiger partial charge is 0.444 e. The highest BCUT2D eigenvalue weighted by atomic mass is 16.6. The van der Waals surface area contributed by atoms with Crippen LogP contribution in [0.25, 0.3) is 21.8 Å². The molecule has 4 rings (SSSR count). The summed E-state index contributed by atoms with van der Waals surface area (Å²) in [6, 6.07) is 13.0. The van der Waals surface area contributed by atoms with E-state index in [0.717, 1.165) is 0 Å². The number of amides is 4. The number of benzene rings is 2. The van der Waals surface area contributed by atoms with Crippen molar-refractivity contribution in [2.75, 3.05) is 0 Å². The van der Waals surface area contributed by atoms with Crippen LogP contribution in [0.3, 0.4) is 0 Å². The van der Waals surface area contributed by atoms with Crippen molar-refractivity contribution >= 4 is 57.8 Å². The quantitative estimate of drug-likeness (QED) is 0.105. The Hall–Kier alpha value is -5.86. The number of carbonyl (C=O) groups is 6. The van der Waals surface area contributed by atoms with Gasteiger partial charge in [-0.2, -0.15) is 0 Å². The lowest BCUT2D eigenvalue weighted by Crippen LogP contribution is -2.61. The second-order valence-corrected chi connectivity index (χ2v) is 17.5. The summed E-state index contributed by atoms with van der Waals surface area (Å²) in [7, 11) is 0. The molecule has 2 atom stereocenters. The molecule has 0 aliphatic rings. The average Bonchev–Trinajstić information content (AvgIpc) is 3.60. The summed E-state index contributed by atoms with van der Waals surface area (Å²) in [6.45, 7) is 19.9. The molecule has 0 fully saturated rings. The minimum absolute atomic E-state index is 0.0476. The van der Waals surface area contributed by atoms with Gasteiger partial charge in [0.15, 0.2) is 0 Å². The van der Waals surface area contributed by atoms with Crippen LogP contribution in [-0.4, -0.2) is 79.7 Å². The van der Waals surface area contributed by atoms with Gasteiger partial charge in [0.25, 0.3) is 0 Å². The molecule has 4 amide bonds. The third-order valence-corrected chi connectivity index (χ3v) is 8.31. The monoisotopic (exact) mass is 788 g/mol. The second-order valence-electron chi connectivity index (χ2n) is 17.5. The fourth-order valence-corrected chi connectivity index (χ4v) is 6.01. The minimum atomic E-state index is -1.55. The van der Waals surface area contributed by atoms with Gasteiger partial charge in [0.05, 0.1) is 11.0 Å². The fraction of sp³-hybridized carbons (Fsp3) is 0.476. The van der Waals surface area contributed by atoms with Crippen molar-refractivity contribution in [2.24, 2.45) is 0 Å². The van der Waals surface area contributed by atoms with Crippen LogP contribution in [0.1, 0.15) is 94.2 Å². The van der Waals surface area contributed by atoms with E-state index >= 15 is 0 Å². The minimum Gasteiger partial charge on any atom is -0.444 e. The molecule has 0 radical (unpaired) electrons. The van der Waals surface area contributed by atoms with Gasteiger partial charge in [-0.1, -0.05) is 36.4 Å². The van der Waals surface area contributed by atoms with Crippen LogP contribution in [0, 0.1) is 0 Å². The van der Waals surface area contributed by atoms with Crippen molar-refractivity contribution < 1.29 is 43.0 Å². The van der Waals surface area contributed by atoms with E-state index in [1.807, 2.05) is 12.1 Å². The molecule has 0 saturated carbocycles. The predicted octanol–water partition coefficient (Wildman–Crippen LogP) is 6.31. The zero-order chi connectivity index (χ0) is 42.7.